The number of carbonyl (C=O) groups excluding carboxylic acids is 1. The van der Waals surface area contributed by atoms with Gasteiger partial charge in [-0.05, 0) is 52.0 Å². The van der Waals surface area contributed by atoms with Crippen LogP contribution in [-0.2, 0) is 9.53 Å². The molecule has 1 saturated carbocycles. The number of aliphatic carboxylic acids is 1. The molecule has 25 heavy (non-hydrogen) atoms. The molecular formula is C17H31NO4S3. The predicted molar refractivity (Wildman–Crippen MR) is 110 cm³/mol. The van der Waals surface area contributed by atoms with Gasteiger partial charge < -0.3 is 15.2 Å². The van der Waals surface area contributed by atoms with Gasteiger partial charge in [0.2, 0.25) is 0 Å². The van der Waals surface area contributed by atoms with E-state index in [1.807, 2.05) is 27.0 Å². The molecule has 1 atom stereocenters. The monoisotopic (exact) mass is 409 g/mol. The molecular weight excluding hydrogens is 378 g/mol. The third-order valence-electron chi connectivity index (χ3n) is 4.09. The Balaban J connectivity index is 2.42. The highest BCUT2D eigenvalue weighted by Gasteiger charge is 2.41. The maximum Gasteiger partial charge on any atom is 0.407 e. The molecule has 0 aliphatic heterocycles. The summed E-state index contributed by atoms with van der Waals surface area (Å²) in [5.41, 5.74) is -1.06. The number of nitrogens with one attached hydrogen (secondary N) is 1. The van der Waals surface area contributed by atoms with Gasteiger partial charge in [0.25, 0.3) is 0 Å². The fourth-order valence-electron chi connectivity index (χ4n) is 2.69. The summed E-state index contributed by atoms with van der Waals surface area (Å²) >= 11 is 1.75. The molecule has 1 unspecified atom stereocenters. The number of alkyl carbamates (subject to hydrolysis) is 1. The first-order valence-electron chi connectivity index (χ1n) is 8.65. The number of carboxylic acids is 1. The lowest BCUT2D eigenvalue weighted by atomic mass is 9.89. The van der Waals surface area contributed by atoms with Gasteiger partial charge in [-0.15, -0.1) is 0 Å². The molecule has 0 spiro atoms. The van der Waals surface area contributed by atoms with E-state index in [1.54, 1.807) is 33.3 Å². The van der Waals surface area contributed by atoms with Gasteiger partial charge in [-0.2, -0.15) is 11.8 Å². The van der Waals surface area contributed by atoms with Gasteiger partial charge in [-0.3, -0.25) is 4.79 Å². The van der Waals surface area contributed by atoms with Crippen LogP contribution < -0.4 is 5.32 Å². The Kier molecular flexibility index (Phi) is 9.88. The van der Waals surface area contributed by atoms with E-state index in [-0.39, 0.29) is 12.1 Å². The summed E-state index contributed by atoms with van der Waals surface area (Å²) in [6.45, 7) is 5.54. The van der Waals surface area contributed by atoms with Crippen molar-refractivity contribution in [1.29, 1.82) is 0 Å². The lowest BCUT2D eigenvalue weighted by molar-refractivity contribution is -0.147. The summed E-state index contributed by atoms with van der Waals surface area (Å²) in [6, 6.07) is 0.0316. The zero-order chi connectivity index (χ0) is 18.9. The van der Waals surface area contributed by atoms with Gasteiger partial charge >= 0.3 is 12.1 Å². The molecule has 1 fully saturated rings. The average Bonchev–Trinajstić information content (AvgIpc) is 2.97. The summed E-state index contributed by atoms with van der Waals surface area (Å²) in [7, 11) is 3.26. The molecule has 0 bridgehead atoms. The number of rotatable bonds is 10. The van der Waals surface area contributed by atoms with Crippen LogP contribution >= 0.6 is 33.3 Å². The molecule has 0 saturated heterocycles. The second kappa shape index (κ2) is 10.8. The van der Waals surface area contributed by atoms with Crippen LogP contribution in [-0.4, -0.2) is 52.3 Å². The standard InChI is InChI=1S/C17H31NO4S3/c1-16(2,3)22-15(21)18-13(7-10-23-4)11-24-25-12-17(14(19)20)8-5-6-9-17/h13H,5-12H2,1-4H3,(H,18,21)(H,19,20). The van der Waals surface area contributed by atoms with Crippen molar-refractivity contribution in [1.82, 2.24) is 5.32 Å². The van der Waals surface area contributed by atoms with Crippen molar-refractivity contribution in [2.24, 2.45) is 5.41 Å². The highest BCUT2D eigenvalue weighted by Crippen LogP contribution is 2.43. The van der Waals surface area contributed by atoms with E-state index in [0.29, 0.717) is 5.75 Å². The van der Waals surface area contributed by atoms with Gasteiger partial charge in [0, 0.05) is 17.5 Å². The van der Waals surface area contributed by atoms with E-state index in [4.69, 9.17) is 4.74 Å². The molecule has 8 heteroatoms. The second-order valence-corrected chi connectivity index (χ2v) is 11.0. The highest BCUT2D eigenvalue weighted by molar-refractivity contribution is 8.76. The minimum atomic E-state index is -0.663. The first kappa shape index (κ1) is 22.8. The van der Waals surface area contributed by atoms with Crippen LogP contribution in [0.15, 0.2) is 0 Å². The Bertz CT molecular complexity index is 434. The molecule has 146 valence electrons. The average molecular weight is 410 g/mol. The second-order valence-electron chi connectivity index (χ2n) is 7.46. The molecule has 1 aliphatic rings. The number of hydrogen-bond donors (Lipinski definition) is 2. The lowest BCUT2D eigenvalue weighted by Crippen LogP contribution is -2.40. The number of amides is 1. The molecule has 0 aromatic heterocycles. The largest absolute Gasteiger partial charge is 0.481 e. The van der Waals surface area contributed by atoms with Crippen molar-refractivity contribution in [3.8, 4) is 0 Å². The van der Waals surface area contributed by atoms with Crippen molar-refractivity contribution in [2.75, 3.05) is 23.5 Å². The van der Waals surface area contributed by atoms with E-state index in [2.05, 4.69) is 5.32 Å². The molecule has 2 N–H and O–H groups in total. The van der Waals surface area contributed by atoms with Gasteiger partial charge in [-0.1, -0.05) is 34.4 Å². The number of carboxylic acid groups (broad SMARTS) is 1. The van der Waals surface area contributed by atoms with Gasteiger partial charge in [-0.25, -0.2) is 4.79 Å². The summed E-state index contributed by atoms with van der Waals surface area (Å²) < 4.78 is 5.33. The Morgan fingerprint density at radius 1 is 1.24 bits per heavy atom. The first-order chi connectivity index (χ1) is 11.7. The van der Waals surface area contributed by atoms with Crippen LogP contribution in [0.5, 0.6) is 0 Å². The minimum absolute atomic E-state index is 0.0316. The molecule has 0 aromatic carbocycles. The third kappa shape index (κ3) is 8.82. The molecule has 1 rings (SSSR count). The number of carbonyl (C=O) groups is 2. The fraction of sp³-hybridized carbons (Fsp3) is 0.882. The maximum absolute atomic E-state index is 12.0. The van der Waals surface area contributed by atoms with Crippen LogP contribution in [0.1, 0.15) is 52.9 Å². The quantitative estimate of drug-likeness (QED) is 0.401. The van der Waals surface area contributed by atoms with Crippen LogP contribution in [0, 0.1) is 5.41 Å². The zero-order valence-corrected chi connectivity index (χ0v) is 18.1. The van der Waals surface area contributed by atoms with Crippen LogP contribution in [0.4, 0.5) is 4.79 Å². The molecule has 0 radical (unpaired) electrons. The van der Waals surface area contributed by atoms with Crippen molar-refractivity contribution < 1.29 is 19.4 Å². The Morgan fingerprint density at radius 2 is 1.88 bits per heavy atom. The van der Waals surface area contributed by atoms with Gasteiger partial charge in [0.05, 0.1) is 5.41 Å². The number of thioether (sulfide) groups is 1. The van der Waals surface area contributed by atoms with Crippen LogP contribution in [0.3, 0.4) is 0 Å². The fourth-order valence-corrected chi connectivity index (χ4v) is 6.15. The van der Waals surface area contributed by atoms with Crippen molar-refractivity contribution in [3.63, 3.8) is 0 Å². The highest BCUT2D eigenvalue weighted by atomic mass is 33.1. The Labute approximate surface area is 163 Å². The van der Waals surface area contributed by atoms with Crippen LogP contribution in [0.2, 0.25) is 0 Å². The zero-order valence-electron chi connectivity index (χ0n) is 15.6. The van der Waals surface area contributed by atoms with Crippen molar-refractivity contribution in [2.45, 2.75) is 64.5 Å². The molecule has 1 amide bonds. The minimum Gasteiger partial charge on any atom is -0.481 e. The van der Waals surface area contributed by atoms with Crippen LogP contribution in [0.25, 0.3) is 0 Å². The maximum atomic E-state index is 12.0. The van der Waals surface area contributed by atoms with E-state index in [1.165, 1.54) is 0 Å². The molecule has 5 nitrogen and oxygen atoms in total. The SMILES string of the molecule is CSCCC(CSSCC1(C(=O)O)CCCC1)NC(=O)OC(C)(C)C. The Hall–Kier alpha value is -0.210. The van der Waals surface area contributed by atoms with E-state index >= 15 is 0 Å². The van der Waals surface area contributed by atoms with Gasteiger partial charge in [0.15, 0.2) is 0 Å². The first-order valence-corrected chi connectivity index (χ1v) is 12.5. The summed E-state index contributed by atoms with van der Waals surface area (Å²) in [6.07, 6.45) is 6.11. The molecule has 1 aliphatic carbocycles. The van der Waals surface area contributed by atoms with E-state index in [0.717, 1.165) is 43.6 Å². The third-order valence-corrected chi connectivity index (χ3v) is 7.37. The van der Waals surface area contributed by atoms with Crippen molar-refractivity contribution in [3.05, 3.63) is 0 Å². The predicted octanol–water partition coefficient (Wildman–Crippen LogP) is 4.66. The van der Waals surface area contributed by atoms with Gasteiger partial charge in [0.1, 0.15) is 5.60 Å². The van der Waals surface area contributed by atoms with E-state index < -0.39 is 17.0 Å². The number of hydrogen-bond acceptors (Lipinski definition) is 6. The Morgan fingerprint density at radius 3 is 2.40 bits per heavy atom. The van der Waals surface area contributed by atoms with E-state index in [9.17, 15) is 14.7 Å². The summed E-state index contributed by atoms with van der Waals surface area (Å²) in [5, 5.41) is 12.5. The molecule has 0 heterocycles. The topological polar surface area (TPSA) is 75.6 Å². The number of ether oxygens (including phenoxy) is 1. The smallest absolute Gasteiger partial charge is 0.407 e. The summed E-state index contributed by atoms with van der Waals surface area (Å²) in [5.74, 6) is 1.68. The van der Waals surface area contributed by atoms with Crippen molar-refractivity contribution >= 4 is 45.4 Å². The molecule has 0 aromatic rings. The normalized spacial score (nSPS) is 17.9. The lowest BCUT2D eigenvalue weighted by Gasteiger charge is -2.25. The summed E-state index contributed by atoms with van der Waals surface area (Å²) in [4.78, 5) is 23.6.